The second-order valence-corrected chi connectivity index (χ2v) is 7.57. The zero-order chi connectivity index (χ0) is 14.0. The Hall–Kier alpha value is -0.120. The molecule has 0 saturated carbocycles. The van der Waals surface area contributed by atoms with Crippen molar-refractivity contribution < 1.29 is 0 Å². The quantitative estimate of drug-likeness (QED) is 0.852. The van der Waals surface area contributed by atoms with Crippen molar-refractivity contribution >= 4 is 0 Å². The number of nitrogens with zero attached hydrogens (tertiary/aromatic N) is 2. The summed E-state index contributed by atoms with van der Waals surface area (Å²) in [6, 6.07) is 1.62. The molecule has 3 nitrogen and oxygen atoms in total. The largest absolute Gasteiger partial charge is 0.317 e. The van der Waals surface area contributed by atoms with Gasteiger partial charge in [-0.1, -0.05) is 13.3 Å². The monoisotopic (exact) mass is 279 g/mol. The average Bonchev–Trinajstić information content (AvgIpc) is 2.87. The summed E-state index contributed by atoms with van der Waals surface area (Å²) in [7, 11) is 0. The summed E-state index contributed by atoms with van der Waals surface area (Å²) in [6.07, 6.45) is 8.40. The maximum atomic E-state index is 3.56. The number of hydrogen-bond acceptors (Lipinski definition) is 3. The van der Waals surface area contributed by atoms with Crippen molar-refractivity contribution in [2.45, 2.75) is 64.5 Å². The Labute approximate surface area is 125 Å². The molecule has 2 unspecified atom stereocenters. The Balaban J connectivity index is 1.64. The van der Waals surface area contributed by atoms with E-state index in [4.69, 9.17) is 0 Å². The third kappa shape index (κ3) is 3.05. The minimum absolute atomic E-state index is 0.606. The third-order valence-electron chi connectivity index (χ3n) is 6.05. The molecule has 0 aromatic heterocycles. The van der Waals surface area contributed by atoms with Crippen LogP contribution in [-0.2, 0) is 0 Å². The Bertz CT molecular complexity index is 306. The Kier molecular flexibility index (Phi) is 4.68. The number of piperidine rings is 1. The van der Waals surface area contributed by atoms with Gasteiger partial charge in [-0.2, -0.15) is 0 Å². The van der Waals surface area contributed by atoms with E-state index in [-0.39, 0.29) is 0 Å². The van der Waals surface area contributed by atoms with E-state index in [0.29, 0.717) is 5.41 Å². The number of nitrogens with one attached hydrogen (secondary N) is 1. The summed E-state index contributed by atoms with van der Waals surface area (Å²) in [4.78, 5) is 5.59. The van der Waals surface area contributed by atoms with Crippen molar-refractivity contribution in [2.75, 3.05) is 39.3 Å². The second-order valence-electron chi connectivity index (χ2n) is 7.57. The SMILES string of the molecule is CCCC1(CN2CC3CCCN3CC2C)CCNCC1. The molecule has 0 aliphatic carbocycles. The van der Waals surface area contributed by atoms with Gasteiger partial charge in [-0.25, -0.2) is 0 Å². The van der Waals surface area contributed by atoms with Crippen molar-refractivity contribution in [1.82, 2.24) is 15.1 Å². The molecule has 3 aliphatic heterocycles. The average molecular weight is 279 g/mol. The highest BCUT2D eigenvalue weighted by atomic mass is 15.3. The lowest BCUT2D eigenvalue weighted by Crippen LogP contribution is -2.58. The standard InChI is InChI=1S/C17H33N3/c1-3-6-17(7-9-18-10-8-17)14-20-13-16-5-4-11-19(16)12-15(20)2/h15-16,18H,3-14H2,1-2H3. The summed E-state index contributed by atoms with van der Waals surface area (Å²) in [5.74, 6) is 0. The van der Waals surface area contributed by atoms with Crippen LogP contribution in [-0.4, -0.2) is 61.2 Å². The first kappa shape index (κ1) is 14.8. The first-order valence-electron chi connectivity index (χ1n) is 8.91. The van der Waals surface area contributed by atoms with Crippen molar-refractivity contribution in [3.05, 3.63) is 0 Å². The van der Waals surface area contributed by atoms with Crippen LogP contribution in [0.25, 0.3) is 0 Å². The fourth-order valence-corrected chi connectivity index (χ4v) is 4.87. The lowest BCUT2D eigenvalue weighted by Gasteiger charge is -2.48. The molecule has 20 heavy (non-hydrogen) atoms. The summed E-state index contributed by atoms with van der Waals surface area (Å²) < 4.78 is 0. The summed E-state index contributed by atoms with van der Waals surface area (Å²) >= 11 is 0. The van der Waals surface area contributed by atoms with Crippen molar-refractivity contribution in [1.29, 1.82) is 0 Å². The fraction of sp³-hybridized carbons (Fsp3) is 1.00. The van der Waals surface area contributed by atoms with Gasteiger partial charge in [0.25, 0.3) is 0 Å². The van der Waals surface area contributed by atoms with Gasteiger partial charge >= 0.3 is 0 Å². The molecular weight excluding hydrogens is 246 g/mol. The molecule has 3 rings (SSSR count). The van der Waals surface area contributed by atoms with E-state index in [0.717, 1.165) is 12.1 Å². The minimum Gasteiger partial charge on any atom is -0.317 e. The van der Waals surface area contributed by atoms with E-state index >= 15 is 0 Å². The van der Waals surface area contributed by atoms with Crippen LogP contribution in [0.2, 0.25) is 0 Å². The van der Waals surface area contributed by atoms with Gasteiger partial charge in [0.05, 0.1) is 0 Å². The predicted molar refractivity (Wildman–Crippen MR) is 85.1 cm³/mol. The highest BCUT2D eigenvalue weighted by molar-refractivity contribution is 4.95. The van der Waals surface area contributed by atoms with Crippen LogP contribution in [0.4, 0.5) is 0 Å². The van der Waals surface area contributed by atoms with Gasteiger partial charge in [0.1, 0.15) is 0 Å². The maximum absolute atomic E-state index is 3.56. The van der Waals surface area contributed by atoms with Gasteiger partial charge in [0.15, 0.2) is 0 Å². The molecule has 0 aromatic carbocycles. The first-order valence-corrected chi connectivity index (χ1v) is 8.91. The number of fused-ring (bicyclic) bond motifs is 1. The van der Waals surface area contributed by atoms with Gasteiger partial charge in [-0.3, -0.25) is 9.80 Å². The lowest BCUT2D eigenvalue weighted by atomic mass is 9.74. The molecule has 3 saturated heterocycles. The van der Waals surface area contributed by atoms with Crippen molar-refractivity contribution in [3.8, 4) is 0 Å². The van der Waals surface area contributed by atoms with Gasteiger partial charge < -0.3 is 5.32 Å². The fourth-order valence-electron chi connectivity index (χ4n) is 4.87. The first-order chi connectivity index (χ1) is 9.72. The zero-order valence-corrected chi connectivity index (χ0v) is 13.5. The number of hydrogen-bond donors (Lipinski definition) is 1. The van der Waals surface area contributed by atoms with E-state index < -0.39 is 0 Å². The van der Waals surface area contributed by atoms with Crippen molar-refractivity contribution in [3.63, 3.8) is 0 Å². The molecule has 3 heterocycles. The van der Waals surface area contributed by atoms with Gasteiger partial charge in [-0.15, -0.1) is 0 Å². The smallest absolute Gasteiger partial charge is 0.0224 e. The van der Waals surface area contributed by atoms with Crippen LogP contribution >= 0.6 is 0 Å². The minimum atomic E-state index is 0.606. The van der Waals surface area contributed by atoms with Gasteiger partial charge in [0.2, 0.25) is 0 Å². The van der Waals surface area contributed by atoms with Crippen LogP contribution < -0.4 is 5.32 Å². The zero-order valence-electron chi connectivity index (χ0n) is 13.5. The number of rotatable bonds is 4. The molecule has 2 atom stereocenters. The van der Waals surface area contributed by atoms with E-state index in [2.05, 4.69) is 29.0 Å². The molecule has 3 heteroatoms. The molecule has 116 valence electrons. The second kappa shape index (κ2) is 6.33. The Morgan fingerprint density at radius 1 is 1.20 bits per heavy atom. The Morgan fingerprint density at radius 2 is 2.00 bits per heavy atom. The highest BCUT2D eigenvalue weighted by Gasteiger charge is 2.39. The van der Waals surface area contributed by atoms with Gasteiger partial charge in [-0.05, 0) is 64.1 Å². The summed E-state index contributed by atoms with van der Waals surface area (Å²) in [6.45, 7) is 12.6. The maximum Gasteiger partial charge on any atom is 0.0224 e. The van der Waals surface area contributed by atoms with Crippen LogP contribution in [0.5, 0.6) is 0 Å². The highest BCUT2D eigenvalue weighted by Crippen LogP contribution is 2.37. The topological polar surface area (TPSA) is 18.5 Å². The van der Waals surface area contributed by atoms with Gasteiger partial charge in [0, 0.05) is 31.7 Å². The molecule has 0 radical (unpaired) electrons. The summed E-state index contributed by atoms with van der Waals surface area (Å²) in [5.41, 5.74) is 0.606. The molecule has 3 aliphatic rings. The van der Waals surface area contributed by atoms with E-state index in [1.54, 1.807) is 0 Å². The molecule has 1 N–H and O–H groups in total. The normalized spacial score (nSPS) is 35.1. The van der Waals surface area contributed by atoms with E-state index in [9.17, 15) is 0 Å². The van der Waals surface area contributed by atoms with Crippen molar-refractivity contribution in [2.24, 2.45) is 5.41 Å². The van der Waals surface area contributed by atoms with Crippen LogP contribution in [0.1, 0.15) is 52.4 Å². The molecule has 0 bridgehead atoms. The Morgan fingerprint density at radius 3 is 2.75 bits per heavy atom. The third-order valence-corrected chi connectivity index (χ3v) is 6.05. The number of piperazine rings is 1. The van der Waals surface area contributed by atoms with Crippen LogP contribution in [0.15, 0.2) is 0 Å². The molecule has 0 amide bonds. The predicted octanol–water partition coefficient (Wildman–Crippen LogP) is 2.32. The van der Waals surface area contributed by atoms with Crippen LogP contribution in [0.3, 0.4) is 0 Å². The summed E-state index contributed by atoms with van der Waals surface area (Å²) in [5, 5.41) is 3.56. The molecule has 0 spiro atoms. The molecule has 0 aromatic rings. The molecular formula is C17H33N3. The van der Waals surface area contributed by atoms with Crippen LogP contribution in [0, 0.1) is 5.41 Å². The lowest BCUT2D eigenvalue weighted by molar-refractivity contribution is 0.0120. The molecule has 3 fully saturated rings. The van der Waals surface area contributed by atoms with E-state index in [1.807, 2.05) is 0 Å². The van der Waals surface area contributed by atoms with E-state index in [1.165, 1.54) is 77.8 Å².